The number of benzene rings is 1. The highest BCUT2D eigenvalue weighted by Gasteiger charge is 2.27. The molecule has 0 aromatic heterocycles. The van der Waals surface area contributed by atoms with E-state index in [0.29, 0.717) is 0 Å². The van der Waals surface area contributed by atoms with Crippen LogP contribution in [0.1, 0.15) is 11.1 Å². The third-order valence-corrected chi connectivity index (χ3v) is 1.72. The van der Waals surface area contributed by atoms with Crippen molar-refractivity contribution < 1.29 is 22.3 Å². The van der Waals surface area contributed by atoms with E-state index in [4.69, 9.17) is 5.26 Å². The van der Waals surface area contributed by atoms with Gasteiger partial charge in [0, 0.05) is 5.56 Å². The molecule has 0 saturated heterocycles. The van der Waals surface area contributed by atoms with E-state index in [1.807, 2.05) is 0 Å². The highest BCUT2D eigenvalue weighted by atomic mass is 19.4. The molecule has 0 spiro atoms. The van der Waals surface area contributed by atoms with Crippen LogP contribution >= 0.6 is 0 Å². The Morgan fingerprint density at radius 1 is 1.31 bits per heavy atom. The highest BCUT2D eigenvalue weighted by Crippen LogP contribution is 2.17. The van der Waals surface area contributed by atoms with E-state index >= 15 is 0 Å². The molecule has 0 atom stereocenters. The van der Waals surface area contributed by atoms with E-state index in [-0.39, 0.29) is 11.1 Å². The normalized spacial score (nSPS) is 11.2. The van der Waals surface area contributed by atoms with Crippen LogP contribution < -0.4 is 0 Å². The number of ether oxygens (including phenoxy) is 1. The van der Waals surface area contributed by atoms with Crippen LogP contribution in [0.25, 0.3) is 0 Å². The van der Waals surface area contributed by atoms with Gasteiger partial charge in [-0.3, -0.25) is 0 Å². The van der Waals surface area contributed by atoms with Gasteiger partial charge in [-0.2, -0.15) is 18.4 Å². The highest BCUT2D eigenvalue weighted by molar-refractivity contribution is 5.34. The minimum Gasteiger partial charge on any atom is -0.367 e. The minimum atomic E-state index is -4.44. The maximum atomic E-state index is 13.3. The number of hydrogen-bond donors (Lipinski definition) is 0. The van der Waals surface area contributed by atoms with Gasteiger partial charge in [0.15, 0.2) is 0 Å². The van der Waals surface area contributed by atoms with Crippen LogP contribution in [-0.4, -0.2) is 12.8 Å². The summed E-state index contributed by atoms with van der Waals surface area (Å²) in [7, 11) is 0. The SMILES string of the molecule is N#Cc1cccc(COCC(F)(F)F)c1F. The summed E-state index contributed by atoms with van der Waals surface area (Å²) in [6.07, 6.45) is -4.44. The molecule has 0 bridgehead atoms. The van der Waals surface area contributed by atoms with Crippen molar-refractivity contribution in [3.8, 4) is 6.07 Å². The lowest BCUT2D eigenvalue weighted by atomic mass is 10.1. The molecule has 1 aromatic rings. The van der Waals surface area contributed by atoms with Gasteiger partial charge in [0.2, 0.25) is 0 Å². The average molecular weight is 233 g/mol. The van der Waals surface area contributed by atoms with Crippen LogP contribution in [0.5, 0.6) is 0 Å². The molecule has 0 N–H and O–H groups in total. The number of alkyl halides is 3. The number of rotatable bonds is 3. The Hall–Kier alpha value is -1.61. The summed E-state index contributed by atoms with van der Waals surface area (Å²) in [5, 5.41) is 8.49. The molecular formula is C10H7F4NO. The largest absolute Gasteiger partial charge is 0.411 e. The Kier molecular flexibility index (Phi) is 3.85. The molecule has 0 heterocycles. The fourth-order valence-electron chi connectivity index (χ4n) is 1.05. The van der Waals surface area contributed by atoms with Gasteiger partial charge in [0.1, 0.15) is 18.5 Å². The van der Waals surface area contributed by atoms with Gasteiger partial charge < -0.3 is 4.74 Å². The van der Waals surface area contributed by atoms with Gasteiger partial charge in [-0.05, 0) is 6.07 Å². The van der Waals surface area contributed by atoms with Crippen LogP contribution in [0, 0.1) is 17.1 Å². The van der Waals surface area contributed by atoms with Crippen molar-refractivity contribution >= 4 is 0 Å². The van der Waals surface area contributed by atoms with Crippen molar-refractivity contribution in [3.05, 3.63) is 35.1 Å². The monoisotopic (exact) mass is 233 g/mol. The summed E-state index contributed by atoms with van der Waals surface area (Å²) in [6, 6.07) is 5.48. The standard InChI is InChI=1S/C10H7F4NO/c11-9-7(4-15)2-1-3-8(9)5-16-6-10(12,13)14/h1-3H,5-6H2. The summed E-state index contributed by atoms with van der Waals surface area (Å²) in [5.74, 6) is -0.841. The van der Waals surface area contributed by atoms with E-state index in [1.54, 1.807) is 6.07 Å². The van der Waals surface area contributed by atoms with Crippen LogP contribution in [0.15, 0.2) is 18.2 Å². The Morgan fingerprint density at radius 3 is 2.56 bits per heavy atom. The van der Waals surface area contributed by atoms with E-state index in [2.05, 4.69) is 4.74 Å². The van der Waals surface area contributed by atoms with Crippen molar-refractivity contribution in [2.45, 2.75) is 12.8 Å². The van der Waals surface area contributed by atoms with E-state index in [1.165, 1.54) is 18.2 Å². The van der Waals surface area contributed by atoms with Gasteiger partial charge in [0.25, 0.3) is 0 Å². The first-order valence-electron chi connectivity index (χ1n) is 4.26. The first-order chi connectivity index (χ1) is 7.44. The first-order valence-corrected chi connectivity index (χ1v) is 4.26. The maximum absolute atomic E-state index is 13.3. The summed E-state index contributed by atoms with van der Waals surface area (Å²) < 4.78 is 52.8. The molecule has 0 aliphatic heterocycles. The van der Waals surface area contributed by atoms with Gasteiger partial charge in [-0.25, -0.2) is 4.39 Å². The third kappa shape index (κ3) is 3.51. The summed E-state index contributed by atoms with van der Waals surface area (Å²) >= 11 is 0. The topological polar surface area (TPSA) is 33.0 Å². The van der Waals surface area contributed by atoms with Crippen molar-refractivity contribution in [1.82, 2.24) is 0 Å². The van der Waals surface area contributed by atoms with E-state index in [0.717, 1.165) is 0 Å². The van der Waals surface area contributed by atoms with Gasteiger partial charge >= 0.3 is 6.18 Å². The average Bonchev–Trinajstić information content (AvgIpc) is 2.19. The number of nitriles is 1. The molecule has 0 saturated carbocycles. The molecule has 0 unspecified atom stereocenters. The summed E-state index contributed by atoms with van der Waals surface area (Å²) in [4.78, 5) is 0. The zero-order valence-electron chi connectivity index (χ0n) is 8.01. The maximum Gasteiger partial charge on any atom is 0.411 e. The predicted molar refractivity (Wildman–Crippen MR) is 46.8 cm³/mol. The van der Waals surface area contributed by atoms with Crippen molar-refractivity contribution in [2.24, 2.45) is 0 Å². The fourth-order valence-corrected chi connectivity index (χ4v) is 1.05. The van der Waals surface area contributed by atoms with E-state index < -0.39 is 25.2 Å². The molecule has 0 fully saturated rings. The Labute approximate surface area is 89.1 Å². The molecule has 2 nitrogen and oxygen atoms in total. The molecular weight excluding hydrogens is 226 g/mol. The van der Waals surface area contributed by atoms with E-state index in [9.17, 15) is 17.6 Å². The Bertz CT molecular complexity index is 408. The third-order valence-electron chi connectivity index (χ3n) is 1.72. The second-order valence-electron chi connectivity index (χ2n) is 3.00. The predicted octanol–water partition coefficient (Wildman–Crippen LogP) is 2.78. The van der Waals surface area contributed by atoms with Gasteiger partial charge in [-0.15, -0.1) is 0 Å². The van der Waals surface area contributed by atoms with Crippen LogP contribution in [0.4, 0.5) is 17.6 Å². The zero-order valence-corrected chi connectivity index (χ0v) is 8.01. The molecule has 0 aliphatic carbocycles. The quantitative estimate of drug-likeness (QED) is 0.752. The summed E-state index contributed by atoms with van der Waals surface area (Å²) in [5.41, 5.74) is -0.281. The molecule has 0 aliphatic rings. The number of halogens is 4. The summed E-state index contributed by atoms with van der Waals surface area (Å²) in [6.45, 7) is -1.95. The lowest BCUT2D eigenvalue weighted by molar-refractivity contribution is -0.176. The van der Waals surface area contributed by atoms with Crippen LogP contribution in [0.3, 0.4) is 0 Å². The first kappa shape index (κ1) is 12.5. The second-order valence-corrected chi connectivity index (χ2v) is 3.00. The van der Waals surface area contributed by atoms with Crippen molar-refractivity contribution in [3.63, 3.8) is 0 Å². The Balaban J connectivity index is 2.65. The fraction of sp³-hybridized carbons (Fsp3) is 0.300. The van der Waals surface area contributed by atoms with Gasteiger partial charge in [-0.1, -0.05) is 12.1 Å². The molecule has 1 rings (SSSR count). The van der Waals surface area contributed by atoms with Gasteiger partial charge in [0.05, 0.1) is 12.2 Å². The Morgan fingerprint density at radius 2 is 2.00 bits per heavy atom. The lowest BCUT2D eigenvalue weighted by Crippen LogP contribution is -2.17. The molecule has 0 radical (unpaired) electrons. The van der Waals surface area contributed by atoms with Crippen molar-refractivity contribution in [1.29, 1.82) is 5.26 Å². The number of nitrogens with zero attached hydrogens (tertiary/aromatic N) is 1. The smallest absolute Gasteiger partial charge is 0.367 e. The van der Waals surface area contributed by atoms with Crippen LogP contribution in [0.2, 0.25) is 0 Å². The molecule has 6 heteroatoms. The molecule has 16 heavy (non-hydrogen) atoms. The molecule has 0 amide bonds. The van der Waals surface area contributed by atoms with Crippen LogP contribution in [-0.2, 0) is 11.3 Å². The molecule has 86 valence electrons. The zero-order chi connectivity index (χ0) is 12.2. The second kappa shape index (κ2) is 4.94. The molecule has 1 aromatic carbocycles. The lowest BCUT2D eigenvalue weighted by Gasteiger charge is -2.08. The number of hydrogen-bond acceptors (Lipinski definition) is 2. The minimum absolute atomic E-state index is 0.0664. The van der Waals surface area contributed by atoms with Crippen molar-refractivity contribution in [2.75, 3.05) is 6.61 Å².